The summed E-state index contributed by atoms with van der Waals surface area (Å²) in [6.45, 7) is -0.618. The second-order valence-electron chi connectivity index (χ2n) is 6.55. The van der Waals surface area contributed by atoms with Crippen molar-refractivity contribution < 1.29 is 33.4 Å². The summed E-state index contributed by atoms with van der Waals surface area (Å²) in [5, 5.41) is 2.38. The normalized spacial score (nSPS) is 10.9. The summed E-state index contributed by atoms with van der Waals surface area (Å²) >= 11 is 0. The number of benzene rings is 2. The third-order valence-electron chi connectivity index (χ3n) is 4.30. The molecule has 8 nitrogen and oxygen atoms in total. The summed E-state index contributed by atoms with van der Waals surface area (Å²) in [7, 11) is 1.14. The maximum atomic E-state index is 12.3. The Labute approximate surface area is 185 Å². The first-order valence-corrected chi connectivity index (χ1v) is 9.73. The number of carbonyl (C=O) groups is 4. The number of terminal acetylenes is 1. The summed E-state index contributed by atoms with van der Waals surface area (Å²) in [6, 6.07) is 15.2. The molecule has 2 aromatic rings. The second kappa shape index (κ2) is 12.5. The number of hydrogen-bond acceptors (Lipinski definition) is 7. The van der Waals surface area contributed by atoms with Gasteiger partial charge in [-0.3, -0.25) is 9.59 Å². The van der Waals surface area contributed by atoms with Crippen LogP contribution in [0.2, 0.25) is 0 Å². The lowest BCUT2D eigenvalue weighted by Crippen LogP contribution is -2.45. The van der Waals surface area contributed by atoms with Gasteiger partial charge in [-0.25, -0.2) is 9.59 Å². The number of hydrogen-bond donors (Lipinski definition) is 1. The molecule has 0 aromatic heterocycles. The zero-order valence-corrected chi connectivity index (χ0v) is 17.5. The monoisotopic (exact) mass is 437 g/mol. The van der Waals surface area contributed by atoms with E-state index in [0.29, 0.717) is 0 Å². The standard InChI is InChI=1S/C24H23NO7/c1-3-15-31-22(27)14-13-21(26)25-20(24(29)30-2)16-32-23(28)19-11-9-18(10-12-19)17-7-5-4-6-8-17/h1,4-12,20H,13-16H2,2H3,(H,25,26)/t20-/m0/s1. The molecular weight excluding hydrogens is 414 g/mol. The number of rotatable bonds is 10. The van der Waals surface area contributed by atoms with Crippen LogP contribution in [0, 0.1) is 12.3 Å². The van der Waals surface area contributed by atoms with Crippen molar-refractivity contribution in [2.24, 2.45) is 0 Å². The van der Waals surface area contributed by atoms with E-state index in [0.717, 1.165) is 18.2 Å². The number of ether oxygens (including phenoxy) is 3. The molecule has 0 aliphatic rings. The van der Waals surface area contributed by atoms with Crippen LogP contribution in [-0.4, -0.2) is 50.2 Å². The van der Waals surface area contributed by atoms with Crippen molar-refractivity contribution in [1.82, 2.24) is 5.32 Å². The molecule has 0 bridgehead atoms. The summed E-state index contributed by atoms with van der Waals surface area (Å²) in [5.41, 5.74) is 2.22. The molecule has 0 unspecified atom stereocenters. The number of carbonyl (C=O) groups excluding carboxylic acids is 4. The molecule has 32 heavy (non-hydrogen) atoms. The Bertz CT molecular complexity index is 978. The van der Waals surface area contributed by atoms with Gasteiger partial charge in [0.25, 0.3) is 0 Å². The van der Waals surface area contributed by atoms with Gasteiger partial charge in [-0.1, -0.05) is 48.4 Å². The van der Waals surface area contributed by atoms with Crippen LogP contribution in [0.4, 0.5) is 0 Å². The highest BCUT2D eigenvalue weighted by molar-refractivity contribution is 5.91. The molecule has 0 fully saturated rings. The van der Waals surface area contributed by atoms with Gasteiger partial charge < -0.3 is 19.5 Å². The van der Waals surface area contributed by atoms with Gasteiger partial charge in [0.15, 0.2) is 12.6 Å². The number of nitrogens with one attached hydrogen (secondary N) is 1. The summed E-state index contributed by atoms with van der Waals surface area (Å²) in [6.07, 6.45) is 4.54. The molecule has 0 saturated carbocycles. The first kappa shape index (κ1) is 24.2. The molecule has 2 rings (SSSR count). The lowest BCUT2D eigenvalue weighted by molar-refractivity contribution is -0.146. The molecule has 2 aromatic carbocycles. The second-order valence-corrected chi connectivity index (χ2v) is 6.55. The number of methoxy groups -OCH3 is 1. The van der Waals surface area contributed by atoms with Crippen molar-refractivity contribution in [2.45, 2.75) is 18.9 Å². The molecule has 0 aliphatic heterocycles. The molecule has 0 radical (unpaired) electrons. The van der Waals surface area contributed by atoms with Gasteiger partial charge >= 0.3 is 17.9 Å². The Kier molecular flexibility index (Phi) is 9.47. The molecular formula is C24H23NO7. The molecule has 0 aliphatic carbocycles. The minimum atomic E-state index is -1.22. The highest BCUT2D eigenvalue weighted by Gasteiger charge is 2.24. The van der Waals surface area contributed by atoms with Crippen LogP contribution in [0.15, 0.2) is 54.6 Å². The van der Waals surface area contributed by atoms with E-state index in [-0.39, 0.29) is 25.0 Å². The maximum absolute atomic E-state index is 12.3. The van der Waals surface area contributed by atoms with E-state index in [1.54, 1.807) is 24.3 Å². The lowest BCUT2D eigenvalue weighted by atomic mass is 10.0. The summed E-state index contributed by atoms with van der Waals surface area (Å²) in [4.78, 5) is 47.7. The smallest absolute Gasteiger partial charge is 0.338 e. The van der Waals surface area contributed by atoms with Crippen LogP contribution in [0.5, 0.6) is 0 Å². The van der Waals surface area contributed by atoms with Crippen molar-refractivity contribution in [2.75, 3.05) is 20.3 Å². The van der Waals surface area contributed by atoms with Crippen molar-refractivity contribution >= 4 is 23.8 Å². The topological polar surface area (TPSA) is 108 Å². The first-order valence-electron chi connectivity index (χ1n) is 9.73. The SMILES string of the molecule is C#CCOC(=O)CCC(=O)N[C@@H](COC(=O)c1ccc(-c2ccccc2)cc1)C(=O)OC. The molecule has 0 heterocycles. The third-order valence-corrected chi connectivity index (χ3v) is 4.30. The summed E-state index contributed by atoms with van der Waals surface area (Å²) < 4.78 is 14.5. The van der Waals surface area contributed by atoms with E-state index in [1.807, 2.05) is 30.3 Å². The van der Waals surface area contributed by atoms with Gasteiger partial charge in [0.05, 0.1) is 19.1 Å². The van der Waals surface area contributed by atoms with Crippen LogP contribution in [-0.2, 0) is 28.6 Å². The van der Waals surface area contributed by atoms with Crippen molar-refractivity contribution in [1.29, 1.82) is 0 Å². The highest BCUT2D eigenvalue weighted by atomic mass is 16.5. The van der Waals surface area contributed by atoms with Crippen molar-refractivity contribution in [3.8, 4) is 23.5 Å². The van der Waals surface area contributed by atoms with Gasteiger partial charge in [-0.05, 0) is 23.3 Å². The van der Waals surface area contributed by atoms with Crippen LogP contribution < -0.4 is 5.32 Å². The average molecular weight is 437 g/mol. The van der Waals surface area contributed by atoms with E-state index >= 15 is 0 Å². The van der Waals surface area contributed by atoms with Gasteiger partial charge in [0, 0.05) is 6.42 Å². The quantitative estimate of drug-likeness (QED) is 0.345. The first-order chi connectivity index (χ1) is 15.4. The molecule has 0 saturated heterocycles. The number of esters is 3. The van der Waals surface area contributed by atoms with Gasteiger partial charge in [-0.15, -0.1) is 6.42 Å². The highest BCUT2D eigenvalue weighted by Crippen LogP contribution is 2.19. The van der Waals surface area contributed by atoms with Crippen LogP contribution in [0.1, 0.15) is 23.2 Å². The molecule has 1 atom stereocenters. The Morgan fingerprint density at radius 1 is 0.938 bits per heavy atom. The predicted molar refractivity (Wildman–Crippen MR) is 115 cm³/mol. The van der Waals surface area contributed by atoms with E-state index < -0.39 is 36.5 Å². The van der Waals surface area contributed by atoms with E-state index in [1.165, 1.54) is 0 Å². The van der Waals surface area contributed by atoms with Crippen molar-refractivity contribution in [3.05, 3.63) is 60.2 Å². The Morgan fingerprint density at radius 2 is 1.59 bits per heavy atom. The molecule has 1 N–H and O–H groups in total. The van der Waals surface area contributed by atoms with E-state index in [4.69, 9.17) is 11.2 Å². The van der Waals surface area contributed by atoms with Crippen molar-refractivity contribution in [3.63, 3.8) is 0 Å². The van der Waals surface area contributed by atoms with Crippen LogP contribution in [0.25, 0.3) is 11.1 Å². The molecule has 1 amide bonds. The van der Waals surface area contributed by atoms with Gasteiger partial charge in [0.2, 0.25) is 5.91 Å². The Morgan fingerprint density at radius 3 is 2.22 bits per heavy atom. The van der Waals surface area contributed by atoms with Crippen LogP contribution in [0.3, 0.4) is 0 Å². The number of amides is 1. The minimum absolute atomic E-state index is 0.187. The molecule has 0 spiro atoms. The lowest BCUT2D eigenvalue weighted by Gasteiger charge is -2.16. The van der Waals surface area contributed by atoms with E-state index in [9.17, 15) is 19.2 Å². The van der Waals surface area contributed by atoms with Gasteiger partial charge in [-0.2, -0.15) is 0 Å². The molecule has 166 valence electrons. The predicted octanol–water partition coefficient (Wildman–Crippen LogP) is 2.12. The van der Waals surface area contributed by atoms with Gasteiger partial charge in [0.1, 0.15) is 6.61 Å². The largest absolute Gasteiger partial charge is 0.467 e. The fraction of sp³-hybridized carbons (Fsp3) is 0.250. The van der Waals surface area contributed by atoms with E-state index in [2.05, 4.69) is 20.7 Å². The fourth-order valence-corrected chi connectivity index (χ4v) is 2.66. The summed E-state index contributed by atoms with van der Waals surface area (Å²) in [5.74, 6) is -0.563. The molecule has 8 heteroatoms. The Hall–Kier alpha value is -4.12. The minimum Gasteiger partial charge on any atom is -0.467 e. The fourth-order valence-electron chi connectivity index (χ4n) is 2.66. The zero-order chi connectivity index (χ0) is 23.3. The third kappa shape index (κ3) is 7.61. The zero-order valence-electron chi connectivity index (χ0n) is 17.5. The Balaban J connectivity index is 1.90. The average Bonchev–Trinajstić information content (AvgIpc) is 2.83. The van der Waals surface area contributed by atoms with Crippen LogP contribution >= 0.6 is 0 Å². The maximum Gasteiger partial charge on any atom is 0.338 e.